The van der Waals surface area contributed by atoms with Gasteiger partial charge < -0.3 is 20.1 Å². The van der Waals surface area contributed by atoms with E-state index in [4.69, 9.17) is 9.47 Å². The minimum Gasteiger partial charge on any atom is -0.496 e. The highest BCUT2D eigenvalue weighted by Crippen LogP contribution is 2.30. The minimum atomic E-state index is -0.338. The number of halogens is 1. The zero-order valence-electron chi connectivity index (χ0n) is 19.6. The maximum Gasteiger partial charge on any atom is 0.308 e. The van der Waals surface area contributed by atoms with Crippen molar-refractivity contribution >= 4 is 17.7 Å². The number of anilines is 1. The average Bonchev–Trinajstić information content (AvgIpc) is 2.83. The fourth-order valence-electron chi connectivity index (χ4n) is 4.28. The van der Waals surface area contributed by atoms with Gasteiger partial charge in [-0.3, -0.25) is 9.59 Å². The number of esters is 1. The summed E-state index contributed by atoms with van der Waals surface area (Å²) in [7, 11) is 2.97. The molecule has 1 aliphatic rings. The summed E-state index contributed by atoms with van der Waals surface area (Å²) in [4.78, 5) is 28.7. The number of pyridine rings is 1. The number of rotatable bonds is 8. The fraction of sp³-hybridized carbons (Fsp3) is 0.480. The maximum absolute atomic E-state index is 13.7. The average molecular weight is 458 g/mol. The summed E-state index contributed by atoms with van der Waals surface area (Å²) < 4.78 is 23.9. The normalized spacial score (nSPS) is 18.8. The fourth-order valence-corrected chi connectivity index (χ4v) is 4.28. The van der Waals surface area contributed by atoms with Gasteiger partial charge in [-0.25, -0.2) is 9.37 Å². The van der Waals surface area contributed by atoms with Crippen molar-refractivity contribution in [2.75, 3.05) is 26.1 Å². The number of carbonyl (C=O) groups excluding carboxylic acids is 2. The molecule has 33 heavy (non-hydrogen) atoms. The molecule has 0 radical (unpaired) electrons. The molecule has 2 aromatic rings. The lowest BCUT2D eigenvalue weighted by Crippen LogP contribution is -2.32. The highest BCUT2D eigenvalue weighted by atomic mass is 19.1. The highest BCUT2D eigenvalue weighted by Gasteiger charge is 2.27. The van der Waals surface area contributed by atoms with Gasteiger partial charge in [0, 0.05) is 18.3 Å². The van der Waals surface area contributed by atoms with Crippen molar-refractivity contribution in [1.29, 1.82) is 0 Å². The Balaban J connectivity index is 1.56. The first-order valence-corrected chi connectivity index (χ1v) is 11.2. The maximum atomic E-state index is 13.7. The lowest BCUT2D eigenvalue weighted by atomic mass is 9.82. The molecule has 1 fully saturated rings. The van der Waals surface area contributed by atoms with Gasteiger partial charge in [0.15, 0.2) is 0 Å². The van der Waals surface area contributed by atoms with Gasteiger partial charge in [-0.05, 0) is 75.3 Å². The number of nitrogens with one attached hydrogen (secondary N) is 2. The summed E-state index contributed by atoms with van der Waals surface area (Å²) in [5.74, 6) is 0.882. The zero-order valence-corrected chi connectivity index (χ0v) is 19.6. The van der Waals surface area contributed by atoms with E-state index in [1.807, 2.05) is 13.8 Å². The Kier molecular flexibility index (Phi) is 8.25. The Morgan fingerprint density at radius 2 is 1.91 bits per heavy atom. The van der Waals surface area contributed by atoms with E-state index in [1.54, 1.807) is 19.2 Å². The summed E-state index contributed by atoms with van der Waals surface area (Å²) in [5, 5.41) is 6.26. The molecule has 0 aliphatic heterocycles. The van der Waals surface area contributed by atoms with E-state index >= 15 is 0 Å². The van der Waals surface area contributed by atoms with Gasteiger partial charge in [0.1, 0.15) is 17.4 Å². The van der Waals surface area contributed by atoms with E-state index in [0.717, 1.165) is 31.2 Å². The second-order valence-corrected chi connectivity index (χ2v) is 8.59. The van der Waals surface area contributed by atoms with Gasteiger partial charge in [-0.2, -0.15) is 0 Å². The van der Waals surface area contributed by atoms with E-state index in [0.29, 0.717) is 35.2 Å². The first-order chi connectivity index (χ1) is 15.8. The molecular weight excluding hydrogens is 425 g/mol. The van der Waals surface area contributed by atoms with Crippen LogP contribution in [0.15, 0.2) is 30.5 Å². The molecule has 1 saturated carbocycles. The third-order valence-electron chi connectivity index (χ3n) is 6.28. The first kappa shape index (κ1) is 24.5. The smallest absolute Gasteiger partial charge is 0.308 e. The Labute approximate surface area is 194 Å². The van der Waals surface area contributed by atoms with Crippen molar-refractivity contribution in [3.63, 3.8) is 0 Å². The van der Waals surface area contributed by atoms with E-state index in [1.165, 1.54) is 25.4 Å². The van der Waals surface area contributed by atoms with Gasteiger partial charge in [0.2, 0.25) is 0 Å². The number of hydrogen-bond acceptors (Lipinski definition) is 6. The topological polar surface area (TPSA) is 89.5 Å². The Bertz CT molecular complexity index is 990. The summed E-state index contributed by atoms with van der Waals surface area (Å²) in [6.45, 7) is 4.34. The van der Waals surface area contributed by atoms with Crippen LogP contribution < -0.4 is 15.4 Å². The van der Waals surface area contributed by atoms with E-state index in [2.05, 4.69) is 15.6 Å². The molecule has 8 heteroatoms. The number of nitrogens with zero attached hydrogens (tertiary/aromatic N) is 1. The van der Waals surface area contributed by atoms with Gasteiger partial charge in [-0.1, -0.05) is 0 Å². The second-order valence-electron chi connectivity index (χ2n) is 8.59. The predicted molar refractivity (Wildman–Crippen MR) is 124 cm³/mol. The molecule has 1 amide bonds. The molecule has 1 aliphatic carbocycles. The SMILES string of the molecule is COc1ccc(F)cc1[C@H](C)Nc1ncc(C(=O)NC[C@H]2CC[C@H](C(=O)OC)CC2)cc1C. The number of aryl methyl sites for hydroxylation is 1. The molecule has 0 unspecified atom stereocenters. The third kappa shape index (κ3) is 6.21. The van der Waals surface area contributed by atoms with Crippen LogP contribution in [0, 0.1) is 24.6 Å². The number of hydrogen-bond donors (Lipinski definition) is 2. The van der Waals surface area contributed by atoms with Crippen LogP contribution in [0.5, 0.6) is 5.75 Å². The summed E-state index contributed by atoms with van der Waals surface area (Å²) in [6, 6.07) is 5.93. The van der Waals surface area contributed by atoms with Crippen molar-refractivity contribution in [2.24, 2.45) is 11.8 Å². The quantitative estimate of drug-likeness (QED) is 0.571. The number of carbonyl (C=O) groups is 2. The van der Waals surface area contributed by atoms with Crippen LogP contribution in [0.4, 0.5) is 10.2 Å². The van der Waals surface area contributed by atoms with Crippen molar-refractivity contribution in [2.45, 2.75) is 45.6 Å². The number of ether oxygens (including phenoxy) is 2. The lowest BCUT2D eigenvalue weighted by Gasteiger charge is -2.27. The largest absolute Gasteiger partial charge is 0.496 e. The Morgan fingerprint density at radius 3 is 2.55 bits per heavy atom. The number of aromatic nitrogens is 1. The molecular formula is C25H32FN3O4. The van der Waals surface area contributed by atoms with E-state index in [9.17, 15) is 14.0 Å². The van der Waals surface area contributed by atoms with E-state index < -0.39 is 0 Å². The molecule has 0 bridgehead atoms. The lowest BCUT2D eigenvalue weighted by molar-refractivity contribution is -0.146. The zero-order chi connectivity index (χ0) is 24.0. The van der Waals surface area contributed by atoms with Gasteiger partial charge >= 0.3 is 5.97 Å². The summed E-state index contributed by atoms with van der Waals surface area (Å²) in [6.07, 6.45) is 4.91. The molecule has 1 heterocycles. The Hall–Kier alpha value is -3.16. The molecule has 1 aromatic carbocycles. The molecule has 7 nitrogen and oxygen atoms in total. The van der Waals surface area contributed by atoms with Gasteiger partial charge in [0.25, 0.3) is 5.91 Å². The van der Waals surface area contributed by atoms with Crippen LogP contribution >= 0.6 is 0 Å². The van der Waals surface area contributed by atoms with Crippen LogP contribution in [-0.4, -0.2) is 37.6 Å². The number of methoxy groups -OCH3 is 2. The first-order valence-electron chi connectivity index (χ1n) is 11.2. The molecule has 178 valence electrons. The number of amides is 1. The second kappa shape index (κ2) is 11.1. The van der Waals surface area contributed by atoms with Crippen LogP contribution in [0.1, 0.15) is 60.1 Å². The molecule has 0 spiro atoms. The minimum absolute atomic E-state index is 0.0245. The van der Waals surface area contributed by atoms with Gasteiger partial charge in [0.05, 0.1) is 31.7 Å². The van der Waals surface area contributed by atoms with Crippen molar-refractivity contribution in [3.05, 3.63) is 53.0 Å². The van der Waals surface area contributed by atoms with Crippen LogP contribution in [0.3, 0.4) is 0 Å². The summed E-state index contributed by atoms with van der Waals surface area (Å²) in [5.41, 5.74) is 1.98. The van der Waals surface area contributed by atoms with Gasteiger partial charge in [-0.15, -0.1) is 0 Å². The third-order valence-corrected chi connectivity index (χ3v) is 6.28. The number of benzene rings is 1. The monoisotopic (exact) mass is 457 g/mol. The standard InChI is InChI=1S/C25H32FN3O4/c1-15-11-19(24(30)28-13-17-5-7-18(8-6-17)25(31)33-4)14-27-23(15)29-16(2)21-12-20(26)9-10-22(21)32-3/h9-12,14,16-18H,5-8,13H2,1-4H3,(H,27,29)(H,28,30)/t16-,17-,18-/m0/s1. The van der Waals surface area contributed by atoms with Crippen LogP contribution in [0.25, 0.3) is 0 Å². The van der Waals surface area contributed by atoms with E-state index in [-0.39, 0.29) is 29.7 Å². The Morgan fingerprint density at radius 1 is 1.18 bits per heavy atom. The van der Waals surface area contributed by atoms with Crippen molar-refractivity contribution in [1.82, 2.24) is 10.3 Å². The molecule has 1 aromatic heterocycles. The van der Waals surface area contributed by atoms with Crippen molar-refractivity contribution in [3.8, 4) is 5.75 Å². The molecule has 2 N–H and O–H groups in total. The predicted octanol–water partition coefficient (Wildman–Crippen LogP) is 4.42. The molecule has 3 rings (SSSR count). The van der Waals surface area contributed by atoms with Crippen LogP contribution in [-0.2, 0) is 9.53 Å². The molecule has 1 atom stereocenters. The summed E-state index contributed by atoms with van der Waals surface area (Å²) >= 11 is 0. The van der Waals surface area contributed by atoms with Crippen molar-refractivity contribution < 1.29 is 23.5 Å². The molecule has 0 saturated heterocycles. The van der Waals surface area contributed by atoms with Crippen LogP contribution in [0.2, 0.25) is 0 Å². The highest BCUT2D eigenvalue weighted by molar-refractivity contribution is 5.94.